The number of carbonyl (C=O) groups excluding carboxylic acids is 1. The number of hydrogen-bond donors (Lipinski definition) is 0. The SMILES string of the molecule is C[C@@H](CCC=O)c1ccccc1. The molecular formula is C11H14O. The van der Waals surface area contributed by atoms with Crippen molar-refractivity contribution in [2.24, 2.45) is 0 Å². The van der Waals surface area contributed by atoms with Gasteiger partial charge in [0, 0.05) is 6.42 Å². The Morgan fingerprint density at radius 2 is 2.00 bits per heavy atom. The first kappa shape index (κ1) is 8.98. The number of hydrogen-bond acceptors (Lipinski definition) is 1. The molecule has 0 aliphatic carbocycles. The minimum Gasteiger partial charge on any atom is -0.303 e. The highest BCUT2D eigenvalue weighted by Gasteiger charge is 2.02. The minimum atomic E-state index is 0.497. The molecule has 0 saturated carbocycles. The van der Waals surface area contributed by atoms with Crippen molar-refractivity contribution in [2.45, 2.75) is 25.7 Å². The predicted molar refractivity (Wildman–Crippen MR) is 50.2 cm³/mol. The quantitative estimate of drug-likeness (QED) is 0.622. The molecule has 0 radical (unpaired) electrons. The van der Waals surface area contributed by atoms with Crippen LogP contribution in [0.4, 0.5) is 0 Å². The smallest absolute Gasteiger partial charge is 0.120 e. The number of aldehydes is 1. The largest absolute Gasteiger partial charge is 0.303 e. The maximum Gasteiger partial charge on any atom is 0.120 e. The minimum absolute atomic E-state index is 0.497. The molecule has 0 amide bonds. The first-order valence-corrected chi connectivity index (χ1v) is 4.33. The molecule has 0 aliphatic rings. The van der Waals surface area contributed by atoms with Crippen LogP contribution in [0.3, 0.4) is 0 Å². The lowest BCUT2D eigenvalue weighted by Crippen LogP contribution is -1.92. The highest BCUT2D eigenvalue weighted by atomic mass is 16.1. The number of benzene rings is 1. The molecule has 0 spiro atoms. The molecule has 0 heterocycles. The molecule has 64 valence electrons. The number of carbonyl (C=O) groups is 1. The van der Waals surface area contributed by atoms with Crippen LogP contribution in [0.1, 0.15) is 31.2 Å². The van der Waals surface area contributed by atoms with Gasteiger partial charge in [-0.15, -0.1) is 0 Å². The van der Waals surface area contributed by atoms with E-state index in [-0.39, 0.29) is 0 Å². The van der Waals surface area contributed by atoms with Crippen molar-refractivity contribution in [3.05, 3.63) is 35.9 Å². The molecule has 1 aromatic rings. The van der Waals surface area contributed by atoms with Gasteiger partial charge in [-0.1, -0.05) is 37.3 Å². The fraction of sp³-hybridized carbons (Fsp3) is 0.364. The van der Waals surface area contributed by atoms with Crippen LogP contribution in [-0.2, 0) is 4.79 Å². The van der Waals surface area contributed by atoms with Crippen LogP contribution in [0, 0.1) is 0 Å². The van der Waals surface area contributed by atoms with E-state index >= 15 is 0 Å². The molecule has 0 saturated heterocycles. The van der Waals surface area contributed by atoms with E-state index in [2.05, 4.69) is 19.1 Å². The van der Waals surface area contributed by atoms with E-state index in [1.807, 2.05) is 18.2 Å². The second-order valence-electron chi connectivity index (χ2n) is 3.06. The highest BCUT2D eigenvalue weighted by molar-refractivity contribution is 5.49. The molecule has 0 aliphatic heterocycles. The topological polar surface area (TPSA) is 17.1 Å². The summed E-state index contributed by atoms with van der Waals surface area (Å²) in [5, 5.41) is 0. The van der Waals surface area contributed by atoms with Gasteiger partial charge in [0.15, 0.2) is 0 Å². The molecule has 1 aromatic carbocycles. The van der Waals surface area contributed by atoms with E-state index in [9.17, 15) is 4.79 Å². The van der Waals surface area contributed by atoms with Gasteiger partial charge < -0.3 is 4.79 Å². The summed E-state index contributed by atoms with van der Waals surface area (Å²) in [6.45, 7) is 2.15. The van der Waals surface area contributed by atoms with Crippen molar-refractivity contribution in [3.63, 3.8) is 0 Å². The van der Waals surface area contributed by atoms with Crippen molar-refractivity contribution in [2.75, 3.05) is 0 Å². The van der Waals surface area contributed by atoms with Crippen LogP contribution >= 0.6 is 0 Å². The fourth-order valence-electron chi connectivity index (χ4n) is 1.27. The highest BCUT2D eigenvalue weighted by Crippen LogP contribution is 2.18. The monoisotopic (exact) mass is 162 g/mol. The van der Waals surface area contributed by atoms with Crippen molar-refractivity contribution in [1.82, 2.24) is 0 Å². The zero-order chi connectivity index (χ0) is 8.81. The zero-order valence-corrected chi connectivity index (χ0v) is 7.36. The molecule has 0 aromatic heterocycles. The summed E-state index contributed by atoms with van der Waals surface area (Å²) in [4.78, 5) is 10.1. The third kappa shape index (κ3) is 2.50. The van der Waals surface area contributed by atoms with Gasteiger partial charge in [0.25, 0.3) is 0 Å². The second-order valence-corrected chi connectivity index (χ2v) is 3.06. The Kier molecular flexibility index (Phi) is 3.52. The first-order valence-electron chi connectivity index (χ1n) is 4.33. The Labute approximate surface area is 73.4 Å². The van der Waals surface area contributed by atoms with Crippen molar-refractivity contribution >= 4 is 6.29 Å². The first-order chi connectivity index (χ1) is 5.84. The maximum absolute atomic E-state index is 10.1. The zero-order valence-electron chi connectivity index (χ0n) is 7.36. The van der Waals surface area contributed by atoms with Crippen LogP contribution in [0.15, 0.2) is 30.3 Å². The lowest BCUT2D eigenvalue weighted by molar-refractivity contribution is -0.108. The average Bonchev–Trinajstić information content (AvgIpc) is 2.15. The van der Waals surface area contributed by atoms with Gasteiger partial charge >= 0.3 is 0 Å². The van der Waals surface area contributed by atoms with Crippen LogP contribution in [0.5, 0.6) is 0 Å². The van der Waals surface area contributed by atoms with Gasteiger partial charge in [-0.3, -0.25) is 0 Å². The molecule has 1 heteroatoms. The Bertz CT molecular complexity index is 228. The van der Waals surface area contributed by atoms with E-state index in [0.717, 1.165) is 12.7 Å². The van der Waals surface area contributed by atoms with Gasteiger partial charge in [0.05, 0.1) is 0 Å². The summed E-state index contributed by atoms with van der Waals surface area (Å²) in [6, 6.07) is 10.3. The molecule has 0 bridgehead atoms. The Morgan fingerprint density at radius 3 is 2.58 bits per heavy atom. The van der Waals surface area contributed by atoms with Crippen LogP contribution in [0.25, 0.3) is 0 Å². The lowest BCUT2D eigenvalue weighted by Gasteiger charge is -2.08. The Hall–Kier alpha value is -1.11. The molecule has 1 rings (SSSR count). The van der Waals surface area contributed by atoms with Gasteiger partial charge in [-0.25, -0.2) is 0 Å². The molecular weight excluding hydrogens is 148 g/mol. The predicted octanol–water partition coefficient (Wildman–Crippen LogP) is 2.77. The van der Waals surface area contributed by atoms with E-state index in [4.69, 9.17) is 0 Å². The fourth-order valence-corrected chi connectivity index (χ4v) is 1.27. The second kappa shape index (κ2) is 4.70. The number of rotatable bonds is 4. The van der Waals surface area contributed by atoms with E-state index in [1.54, 1.807) is 0 Å². The summed E-state index contributed by atoms with van der Waals surface area (Å²) in [7, 11) is 0. The van der Waals surface area contributed by atoms with Crippen molar-refractivity contribution in [3.8, 4) is 0 Å². The Morgan fingerprint density at radius 1 is 1.33 bits per heavy atom. The summed E-state index contributed by atoms with van der Waals surface area (Å²) in [5.41, 5.74) is 1.32. The van der Waals surface area contributed by atoms with Gasteiger partial charge in [0.2, 0.25) is 0 Å². The lowest BCUT2D eigenvalue weighted by atomic mass is 9.97. The van der Waals surface area contributed by atoms with Crippen LogP contribution in [-0.4, -0.2) is 6.29 Å². The normalized spacial score (nSPS) is 12.4. The van der Waals surface area contributed by atoms with Crippen molar-refractivity contribution in [1.29, 1.82) is 0 Å². The standard InChI is InChI=1S/C11H14O/c1-10(6-5-9-12)11-7-3-2-4-8-11/h2-4,7-10H,5-6H2,1H3/t10-/m0/s1. The van der Waals surface area contributed by atoms with Gasteiger partial charge in [-0.2, -0.15) is 0 Å². The molecule has 1 nitrogen and oxygen atoms in total. The molecule has 0 fully saturated rings. The van der Waals surface area contributed by atoms with Gasteiger partial charge in [-0.05, 0) is 17.9 Å². The Balaban J connectivity index is 2.53. The van der Waals surface area contributed by atoms with Gasteiger partial charge in [0.1, 0.15) is 6.29 Å². The molecule has 0 N–H and O–H groups in total. The summed E-state index contributed by atoms with van der Waals surface area (Å²) >= 11 is 0. The van der Waals surface area contributed by atoms with E-state index < -0.39 is 0 Å². The molecule has 12 heavy (non-hydrogen) atoms. The summed E-state index contributed by atoms with van der Waals surface area (Å²) < 4.78 is 0. The summed E-state index contributed by atoms with van der Waals surface area (Å²) in [6.07, 6.45) is 2.60. The maximum atomic E-state index is 10.1. The van der Waals surface area contributed by atoms with Crippen molar-refractivity contribution < 1.29 is 4.79 Å². The van der Waals surface area contributed by atoms with E-state index in [0.29, 0.717) is 12.3 Å². The molecule has 1 atom stereocenters. The summed E-state index contributed by atoms with van der Waals surface area (Å²) in [5.74, 6) is 0.497. The van der Waals surface area contributed by atoms with Crippen LogP contribution in [0.2, 0.25) is 0 Å². The third-order valence-electron chi connectivity index (χ3n) is 2.09. The van der Waals surface area contributed by atoms with E-state index in [1.165, 1.54) is 5.56 Å². The third-order valence-corrected chi connectivity index (χ3v) is 2.09. The average molecular weight is 162 g/mol. The van der Waals surface area contributed by atoms with Crippen LogP contribution < -0.4 is 0 Å². The molecule has 0 unspecified atom stereocenters.